The van der Waals surface area contributed by atoms with Gasteiger partial charge in [0, 0.05) is 27.7 Å². The van der Waals surface area contributed by atoms with Gasteiger partial charge in [-0.15, -0.1) is 0 Å². The standard InChI is InChI=1S/C74H126N4O54/c1-17-36(92)47(103)53(109)68(115-17)113-15-24(91)57(38(94)23(7-79)75-19(3)87)125-65-33(76-20(4)88)44(100)59(30(13-85)121-65)127-71-56(112)61(43(99)32(124-71)16-114-72-62(50(106)40(96)26(9-81)118-72)130-66-34(77-21(5)89)45(101)58(29(12-84)122-66)126-70-55(111)49(105)39(95)25(8-80)117-70)129-74-63(51(107)41(97)28(11-83)120-74)131-67-35(78-22(6)90)46(102)60(31(14-86)123-67)128-73-64(52(108)42(98)27(10-82)119-73)132-69-54(110)48(104)37(93)18(2)116-69/h17-18,23-74,79-86,91-112H,7-16H2,1-6H3,(H,75,87)(H,76,88)(H,77,89)(H,78,90)/t17-,18-,23-,24+,25+,26+,27+,28+,29+,30+,31+,32+,33+,34+,35+,36+,37+,38+,39-,40+,41+,42-,43+,44+,45+,46+,47+,48+,49-,50-,51-,52-,53-,54-,55+,56-,57+,58+,59+,60+,61-,62-,63-,64+,65-,66-,67-,68+,69-,70-,71-,72-,73-,74+/m0/s1. The average molecular weight is 1940 g/mol. The minimum absolute atomic E-state index is 0.877. The van der Waals surface area contributed by atoms with Gasteiger partial charge in [-0.05, 0) is 13.8 Å². The lowest BCUT2D eigenvalue weighted by Gasteiger charge is -2.51. The van der Waals surface area contributed by atoms with Crippen LogP contribution in [0.15, 0.2) is 0 Å². The molecule has 10 aliphatic rings. The van der Waals surface area contributed by atoms with Crippen LogP contribution in [0.1, 0.15) is 41.5 Å². The van der Waals surface area contributed by atoms with Gasteiger partial charge in [-0.3, -0.25) is 19.2 Å². The lowest BCUT2D eigenvalue weighted by Crippen LogP contribution is -2.70. The van der Waals surface area contributed by atoms with E-state index >= 15 is 0 Å². The quantitative estimate of drug-likeness (QED) is 0.0275. The molecule has 132 heavy (non-hydrogen) atoms. The van der Waals surface area contributed by atoms with Gasteiger partial charge in [-0.1, -0.05) is 0 Å². The van der Waals surface area contributed by atoms with Gasteiger partial charge in [0.05, 0.1) is 84.3 Å². The van der Waals surface area contributed by atoms with E-state index in [-0.39, 0.29) is 0 Å². The molecular weight excluding hydrogens is 1810 g/mol. The number of amides is 4. The molecule has 10 saturated heterocycles. The average Bonchev–Trinajstić information content (AvgIpc) is 0.768. The summed E-state index contributed by atoms with van der Waals surface area (Å²) < 4.78 is 119. The van der Waals surface area contributed by atoms with Crippen molar-refractivity contribution in [3.8, 4) is 0 Å². The maximum atomic E-state index is 13.3. The monoisotopic (exact) mass is 1930 g/mol. The van der Waals surface area contributed by atoms with Crippen LogP contribution in [-0.2, 0) is 114 Å². The zero-order valence-corrected chi connectivity index (χ0v) is 71.5. The van der Waals surface area contributed by atoms with Crippen LogP contribution >= 0.6 is 0 Å². The summed E-state index contributed by atoms with van der Waals surface area (Å²) >= 11 is 0. The molecule has 766 valence electrons. The van der Waals surface area contributed by atoms with Gasteiger partial charge in [0.15, 0.2) is 62.9 Å². The SMILES string of the molecule is CC(=O)N[C@H]1[C@H](O[C@@H]([C@H](O)[C@H](CO)NC(C)=O)[C@H](O)CO[C@@H]2O[C@@H](C)[C@@H](O)[C@@H](O)[C@@H]2O)O[C@H](CO)[C@@H](O[C@@H]2O[C@H](CO[C@H]3O[C@H](CO)[C@@H](O)[C@H](O)[C@@H]3O[C@@H]3O[C@H](CO)[C@@H](O[C@@H]4O[C@H](CO)[C@H](O)[C@H](O)[C@H]4O)[C@H](O)[C@H]3NC(C)=O)[C@@H](O)[C@H](O[C@H]3O[C@H](CO)[C@@H](O)[C@H](O)[C@@H]3O[C@@H]3O[C@H](CO)[C@@H](O[C@@H]4O[C@H](CO)[C@H](O)[C@H](O)[C@H]4O[C@@H]4O[C@@H](C)[C@@H](O)[C@@H](O)[C@@H]4O)[C@H](O)[C@H]3NC(C)=O)[C@@H]2O)[C@@H]1O. The Hall–Kier alpha value is -4.12. The molecule has 0 unspecified atom stereocenters. The van der Waals surface area contributed by atoms with Crippen molar-refractivity contribution in [1.82, 2.24) is 21.3 Å². The summed E-state index contributed by atoms with van der Waals surface area (Å²) in [7, 11) is 0. The molecule has 58 heteroatoms. The molecule has 4 amide bonds. The van der Waals surface area contributed by atoms with Gasteiger partial charge >= 0.3 is 0 Å². The first-order valence-electron chi connectivity index (χ1n) is 42.3. The zero-order valence-electron chi connectivity index (χ0n) is 71.5. The van der Waals surface area contributed by atoms with Crippen LogP contribution in [0.25, 0.3) is 0 Å². The minimum atomic E-state index is -2.69. The summed E-state index contributed by atoms with van der Waals surface area (Å²) in [6.07, 6.45) is -106. The molecule has 58 nitrogen and oxygen atoms in total. The van der Waals surface area contributed by atoms with Crippen LogP contribution in [0.4, 0.5) is 0 Å². The summed E-state index contributed by atoms with van der Waals surface area (Å²) in [5, 5.41) is 346. The second-order valence-electron chi connectivity index (χ2n) is 33.6. The molecule has 0 aromatic rings. The Morgan fingerprint density at radius 3 is 0.985 bits per heavy atom. The van der Waals surface area contributed by atoms with E-state index in [0.29, 0.717) is 0 Å². The fourth-order valence-electron chi connectivity index (χ4n) is 16.8. The van der Waals surface area contributed by atoms with Gasteiger partial charge < -0.3 is 269 Å². The largest absolute Gasteiger partial charge is 0.394 e. The number of rotatable bonds is 37. The van der Waals surface area contributed by atoms with E-state index in [9.17, 15) is 172 Å². The van der Waals surface area contributed by atoms with E-state index < -0.39 is 421 Å². The second-order valence-corrected chi connectivity index (χ2v) is 33.6. The van der Waals surface area contributed by atoms with Crippen molar-refractivity contribution in [1.29, 1.82) is 0 Å². The number of ether oxygens (including phenoxy) is 20. The lowest BCUT2D eigenvalue weighted by atomic mass is 9.94. The topological polar surface area (TPSA) is 908 Å². The van der Waals surface area contributed by atoms with Gasteiger partial charge in [0.25, 0.3) is 0 Å². The van der Waals surface area contributed by atoms with Crippen molar-refractivity contribution in [3.05, 3.63) is 0 Å². The van der Waals surface area contributed by atoms with Crippen LogP contribution in [0.5, 0.6) is 0 Å². The van der Waals surface area contributed by atoms with E-state index in [1.807, 2.05) is 0 Å². The van der Waals surface area contributed by atoms with Gasteiger partial charge in [0.2, 0.25) is 23.6 Å². The Kier molecular flexibility index (Phi) is 40.3. The first kappa shape index (κ1) is 110. The van der Waals surface area contributed by atoms with Crippen molar-refractivity contribution in [2.24, 2.45) is 0 Å². The molecular formula is C74H126N4O54. The number of aliphatic hydroxyl groups is 30. The van der Waals surface area contributed by atoms with E-state index in [1.54, 1.807) is 0 Å². The van der Waals surface area contributed by atoms with E-state index in [2.05, 4.69) is 21.3 Å². The highest BCUT2D eigenvalue weighted by Crippen LogP contribution is 2.41. The highest BCUT2D eigenvalue weighted by atomic mass is 16.8. The molecule has 0 aromatic heterocycles. The summed E-state index contributed by atoms with van der Waals surface area (Å²) in [5.74, 6) is -3.93. The fraction of sp³-hybridized carbons (Fsp3) is 0.946. The van der Waals surface area contributed by atoms with Gasteiger partial charge in [-0.25, -0.2) is 0 Å². The highest BCUT2D eigenvalue weighted by molar-refractivity contribution is 5.74. The maximum Gasteiger partial charge on any atom is 0.217 e. The molecule has 10 fully saturated rings. The third-order valence-electron chi connectivity index (χ3n) is 24.1. The van der Waals surface area contributed by atoms with Crippen LogP contribution in [-0.4, -0.2) is 574 Å². The number of hydrogen-bond donors (Lipinski definition) is 34. The minimum Gasteiger partial charge on any atom is -0.394 e. The summed E-state index contributed by atoms with van der Waals surface area (Å²) in [4.78, 5) is 52.0. The Bertz CT molecular complexity index is 3560. The lowest BCUT2D eigenvalue weighted by molar-refractivity contribution is -0.401. The second kappa shape index (κ2) is 48.4. The molecule has 0 radical (unpaired) electrons. The molecule has 54 atom stereocenters. The number of carbonyl (C=O) groups excluding carboxylic acids is 4. The maximum absolute atomic E-state index is 13.3. The summed E-state index contributed by atoms with van der Waals surface area (Å²) in [5.41, 5.74) is 0. The fourth-order valence-corrected chi connectivity index (χ4v) is 16.8. The predicted octanol–water partition coefficient (Wildman–Crippen LogP) is -22.7. The van der Waals surface area contributed by atoms with Gasteiger partial charge in [0.1, 0.15) is 250 Å². The van der Waals surface area contributed by atoms with Crippen molar-refractivity contribution in [2.75, 3.05) is 66.1 Å². The van der Waals surface area contributed by atoms with Gasteiger partial charge in [-0.2, -0.15) is 0 Å². The number of nitrogens with one attached hydrogen (secondary N) is 4. The van der Waals surface area contributed by atoms with E-state index in [1.165, 1.54) is 13.8 Å². The molecule has 10 rings (SSSR count). The number of carbonyl (C=O) groups is 4. The zero-order chi connectivity index (χ0) is 97.5. The molecule has 0 aliphatic carbocycles. The third kappa shape index (κ3) is 24.7. The first-order valence-corrected chi connectivity index (χ1v) is 42.3. The first-order chi connectivity index (χ1) is 62.3. The van der Waals surface area contributed by atoms with Crippen LogP contribution in [0.2, 0.25) is 0 Å². The van der Waals surface area contributed by atoms with Crippen LogP contribution in [0, 0.1) is 0 Å². The van der Waals surface area contributed by atoms with Crippen molar-refractivity contribution < 1.29 is 267 Å². The van der Waals surface area contributed by atoms with Crippen LogP contribution < -0.4 is 21.3 Å². The molecule has 0 bridgehead atoms. The molecule has 10 aliphatic heterocycles. The normalized spacial score (nSPS) is 47.8. The summed E-state index contributed by atoms with van der Waals surface area (Å²) in [6.45, 7) is -5.46. The van der Waals surface area contributed by atoms with E-state index in [4.69, 9.17) is 94.7 Å². The molecule has 0 aromatic carbocycles. The third-order valence-corrected chi connectivity index (χ3v) is 24.1. The molecule has 10 heterocycles. The summed E-state index contributed by atoms with van der Waals surface area (Å²) in [6, 6.07) is -7.93. The Morgan fingerprint density at radius 2 is 0.583 bits per heavy atom. The number of aliphatic hydroxyl groups excluding tert-OH is 30. The molecule has 0 spiro atoms. The smallest absolute Gasteiger partial charge is 0.217 e. The van der Waals surface area contributed by atoms with Crippen molar-refractivity contribution in [3.63, 3.8) is 0 Å². The van der Waals surface area contributed by atoms with E-state index in [0.717, 1.165) is 27.7 Å². The Labute approximate surface area is 748 Å². The van der Waals surface area contributed by atoms with Crippen molar-refractivity contribution in [2.45, 2.75) is 373 Å². The highest BCUT2D eigenvalue weighted by Gasteiger charge is 2.62. The molecule has 34 N–H and O–H groups in total. The number of hydrogen-bond acceptors (Lipinski definition) is 54. The predicted molar refractivity (Wildman–Crippen MR) is 408 cm³/mol. The van der Waals surface area contributed by atoms with Crippen LogP contribution in [0.3, 0.4) is 0 Å². The van der Waals surface area contributed by atoms with Crippen molar-refractivity contribution >= 4 is 23.6 Å². The Morgan fingerprint density at radius 1 is 0.280 bits per heavy atom. The molecule has 0 saturated carbocycles. The Balaban J connectivity index is 0.993.